The van der Waals surface area contributed by atoms with Crippen LogP contribution in [0.25, 0.3) is 0 Å². The monoisotopic (exact) mass is 230 g/mol. The highest BCUT2D eigenvalue weighted by Crippen LogP contribution is 2.48. The molecular weight excluding hydrogens is 211 g/mol. The van der Waals surface area contributed by atoms with Crippen molar-refractivity contribution in [3.8, 4) is 0 Å². The Morgan fingerprint density at radius 3 is 2.47 bits per heavy atom. The van der Waals surface area contributed by atoms with E-state index >= 15 is 0 Å². The Labute approximate surface area is 91.3 Å². The van der Waals surface area contributed by atoms with Gasteiger partial charge in [-0.25, -0.2) is 0 Å². The van der Waals surface area contributed by atoms with Gasteiger partial charge in [-0.15, -0.1) is 0 Å². The Bertz CT molecular complexity index is 296. The number of furan rings is 1. The van der Waals surface area contributed by atoms with Gasteiger partial charge in [-0.3, -0.25) is 4.57 Å². The van der Waals surface area contributed by atoms with Gasteiger partial charge in [0.1, 0.15) is 12.4 Å². The zero-order chi connectivity index (χ0) is 11.1. The van der Waals surface area contributed by atoms with Crippen molar-refractivity contribution in [2.75, 3.05) is 12.3 Å². The molecule has 0 spiro atoms. The molecule has 15 heavy (non-hydrogen) atoms. The van der Waals surface area contributed by atoms with Gasteiger partial charge in [0.05, 0.1) is 6.26 Å². The molecule has 0 aliphatic carbocycles. The zero-order valence-electron chi connectivity index (χ0n) is 9.44. The molecule has 0 unspecified atom stereocenters. The molecule has 3 nitrogen and oxygen atoms in total. The Hall–Kier alpha value is -0.530. The van der Waals surface area contributed by atoms with Crippen molar-refractivity contribution in [2.45, 2.75) is 33.3 Å². The molecule has 0 aromatic carbocycles. The summed E-state index contributed by atoms with van der Waals surface area (Å²) in [4.78, 5) is 0. The minimum absolute atomic E-state index is 0.324. The Balaban J connectivity index is 2.48. The van der Waals surface area contributed by atoms with Crippen molar-refractivity contribution in [2.24, 2.45) is 0 Å². The van der Waals surface area contributed by atoms with E-state index in [-0.39, 0.29) is 0 Å². The van der Waals surface area contributed by atoms with Crippen molar-refractivity contribution >= 4 is 7.37 Å². The SMILES string of the molecule is CCCP(=O)(CCC)OCc1ccco1. The van der Waals surface area contributed by atoms with Crippen LogP contribution in [0.3, 0.4) is 0 Å². The zero-order valence-corrected chi connectivity index (χ0v) is 10.3. The lowest BCUT2D eigenvalue weighted by atomic mass is 10.5. The first-order chi connectivity index (χ1) is 7.20. The lowest BCUT2D eigenvalue weighted by Gasteiger charge is -2.16. The van der Waals surface area contributed by atoms with E-state index < -0.39 is 7.37 Å². The summed E-state index contributed by atoms with van der Waals surface area (Å²) in [7, 11) is -2.42. The van der Waals surface area contributed by atoms with E-state index in [1.165, 1.54) is 0 Å². The van der Waals surface area contributed by atoms with Crippen LogP contribution in [-0.4, -0.2) is 12.3 Å². The molecule has 0 saturated carbocycles. The maximum Gasteiger partial charge on any atom is 0.203 e. The maximum absolute atomic E-state index is 12.2. The Morgan fingerprint density at radius 2 is 2.00 bits per heavy atom. The highest BCUT2D eigenvalue weighted by Gasteiger charge is 2.21. The van der Waals surface area contributed by atoms with E-state index in [2.05, 4.69) is 0 Å². The molecule has 0 fully saturated rings. The molecule has 0 amide bonds. The summed E-state index contributed by atoms with van der Waals surface area (Å²) in [6.45, 7) is 4.38. The summed E-state index contributed by atoms with van der Waals surface area (Å²) in [5, 5.41) is 0. The first-order valence-electron chi connectivity index (χ1n) is 5.45. The quantitative estimate of drug-likeness (QED) is 0.667. The summed E-state index contributed by atoms with van der Waals surface area (Å²) < 4.78 is 22.9. The normalized spacial score (nSPS) is 11.9. The van der Waals surface area contributed by atoms with Gasteiger partial charge < -0.3 is 8.94 Å². The summed E-state index contributed by atoms with van der Waals surface area (Å²) in [6.07, 6.45) is 4.73. The van der Waals surface area contributed by atoms with Gasteiger partial charge in [-0.05, 0) is 25.0 Å². The van der Waals surface area contributed by atoms with E-state index in [1.807, 2.05) is 26.0 Å². The van der Waals surface area contributed by atoms with Crippen molar-refractivity contribution in [1.29, 1.82) is 0 Å². The van der Waals surface area contributed by atoms with Crippen LogP contribution in [0.4, 0.5) is 0 Å². The van der Waals surface area contributed by atoms with Gasteiger partial charge in [0.2, 0.25) is 7.37 Å². The Morgan fingerprint density at radius 1 is 1.33 bits per heavy atom. The van der Waals surface area contributed by atoms with E-state index in [1.54, 1.807) is 6.26 Å². The lowest BCUT2D eigenvalue weighted by molar-refractivity contribution is 0.269. The fourth-order valence-corrected chi connectivity index (χ4v) is 3.71. The van der Waals surface area contributed by atoms with E-state index in [9.17, 15) is 4.57 Å². The molecule has 1 rings (SSSR count). The minimum Gasteiger partial charge on any atom is -0.467 e. The van der Waals surface area contributed by atoms with Gasteiger partial charge >= 0.3 is 0 Å². The number of hydrogen-bond acceptors (Lipinski definition) is 3. The molecule has 1 aromatic rings. The second kappa shape index (κ2) is 6.14. The van der Waals surface area contributed by atoms with E-state index in [0.717, 1.165) is 18.6 Å². The van der Waals surface area contributed by atoms with Crippen LogP contribution in [0.5, 0.6) is 0 Å². The van der Waals surface area contributed by atoms with Crippen LogP contribution in [0, 0.1) is 0 Å². The van der Waals surface area contributed by atoms with E-state index in [0.29, 0.717) is 18.9 Å². The molecule has 0 N–H and O–H groups in total. The van der Waals surface area contributed by atoms with Gasteiger partial charge in [0.15, 0.2) is 0 Å². The minimum atomic E-state index is -2.42. The number of rotatable bonds is 7. The van der Waals surface area contributed by atoms with Crippen LogP contribution >= 0.6 is 7.37 Å². The second-order valence-corrected chi connectivity index (χ2v) is 6.40. The van der Waals surface area contributed by atoms with Crippen LogP contribution in [0.15, 0.2) is 22.8 Å². The third kappa shape index (κ3) is 4.23. The number of hydrogen-bond donors (Lipinski definition) is 0. The lowest BCUT2D eigenvalue weighted by Crippen LogP contribution is -1.99. The predicted molar refractivity (Wildman–Crippen MR) is 61.4 cm³/mol. The average Bonchev–Trinajstić information content (AvgIpc) is 2.68. The van der Waals surface area contributed by atoms with Gasteiger partial charge in [0, 0.05) is 12.3 Å². The molecule has 86 valence electrons. The largest absolute Gasteiger partial charge is 0.467 e. The van der Waals surface area contributed by atoms with Crippen molar-refractivity contribution < 1.29 is 13.5 Å². The van der Waals surface area contributed by atoms with Crippen molar-refractivity contribution in [3.05, 3.63) is 24.2 Å². The fraction of sp³-hybridized carbons (Fsp3) is 0.636. The third-order valence-electron chi connectivity index (χ3n) is 2.15. The first kappa shape index (κ1) is 12.5. The molecule has 1 heterocycles. The molecule has 1 aromatic heterocycles. The van der Waals surface area contributed by atoms with Gasteiger partial charge in [-0.2, -0.15) is 0 Å². The topological polar surface area (TPSA) is 39.4 Å². The standard InChI is InChI=1S/C11H19O3P/c1-3-8-15(12,9-4-2)14-10-11-6-5-7-13-11/h5-7H,3-4,8-10H2,1-2H3. The molecule has 0 aliphatic rings. The maximum atomic E-state index is 12.2. The fourth-order valence-electron chi connectivity index (χ4n) is 1.50. The summed E-state index contributed by atoms with van der Waals surface area (Å²) in [5.41, 5.74) is 0. The average molecular weight is 230 g/mol. The van der Waals surface area contributed by atoms with Gasteiger partial charge in [0.25, 0.3) is 0 Å². The summed E-state index contributed by atoms with van der Waals surface area (Å²) >= 11 is 0. The van der Waals surface area contributed by atoms with Crippen molar-refractivity contribution in [3.63, 3.8) is 0 Å². The first-order valence-corrected chi connectivity index (χ1v) is 7.44. The van der Waals surface area contributed by atoms with E-state index in [4.69, 9.17) is 8.94 Å². The highest BCUT2D eigenvalue weighted by atomic mass is 31.2. The third-order valence-corrected chi connectivity index (χ3v) is 5.01. The van der Waals surface area contributed by atoms with Crippen molar-refractivity contribution in [1.82, 2.24) is 0 Å². The molecule has 0 aliphatic heterocycles. The molecule has 4 heteroatoms. The molecule has 0 atom stereocenters. The Kier molecular flexibility index (Phi) is 5.13. The molecular formula is C11H19O3P. The van der Waals surface area contributed by atoms with Gasteiger partial charge in [-0.1, -0.05) is 13.8 Å². The molecule has 0 bridgehead atoms. The van der Waals surface area contributed by atoms with Crippen LogP contribution in [-0.2, 0) is 15.7 Å². The van der Waals surface area contributed by atoms with Crippen LogP contribution < -0.4 is 0 Å². The van der Waals surface area contributed by atoms with Crippen LogP contribution in [0.1, 0.15) is 32.4 Å². The second-order valence-electron chi connectivity index (χ2n) is 3.61. The van der Waals surface area contributed by atoms with Crippen LogP contribution in [0.2, 0.25) is 0 Å². The summed E-state index contributed by atoms with van der Waals surface area (Å²) in [5.74, 6) is 0.738. The predicted octanol–water partition coefficient (Wildman–Crippen LogP) is 3.89. The smallest absolute Gasteiger partial charge is 0.203 e. The molecule has 0 saturated heterocycles. The molecule has 0 radical (unpaired) electrons. The summed E-state index contributed by atoms with van der Waals surface area (Å²) in [6, 6.07) is 3.64. The highest BCUT2D eigenvalue weighted by molar-refractivity contribution is 7.58.